The van der Waals surface area contributed by atoms with Gasteiger partial charge >= 0.3 is 0 Å². The number of aromatic nitrogens is 2. The molecule has 1 N–H and O–H groups in total. The Balaban J connectivity index is 1.65. The van der Waals surface area contributed by atoms with Crippen LogP contribution in [0.15, 0.2) is 52.4 Å². The number of hydrogen-bond acceptors (Lipinski definition) is 6. The minimum atomic E-state index is -0.199. The van der Waals surface area contributed by atoms with Crippen LogP contribution in [0.5, 0.6) is 0 Å². The molecule has 1 fully saturated rings. The average Bonchev–Trinajstić information content (AvgIpc) is 3.36. The summed E-state index contributed by atoms with van der Waals surface area (Å²) in [6.07, 6.45) is 1.79. The number of ketones is 1. The SMILES string of the molecule is Cc1ccc(C(=O)CSc2nc3cc(C(=O)NCC(C)C)ccc3c(=O)n2CC2CCCO2)cc1. The maximum Gasteiger partial charge on any atom is 0.262 e. The Morgan fingerprint density at radius 2 is 1.91 bits per heavy atom. The zero-order valence-electron chi connectivity index (χ0n) is 20.4. The molecule has 1 atom stereocenters. The molecule has 0 saturated carbocycles. The van der Waals surface area contributed by atoms with E-state index >= 15 is 0 Å². The number of benzene rings is 2. The highest BCUT2D eigenvalue weighted by molar-refractivity contribution is 7.99. The number of carbonyl (C=O) groups is 2. The van der Waals surface area contributed by atoms with Crippen molar-refractivity contribution in [2.45, 2.75) is 51.4 Å². The van der Waals surface area contributed by atoms with Gasteiger partial charge in [0.05, 0.1) is 29.3 Å². The second-order valence-corrected chi connectivity index (χ2v) is 10.3. The van der Waals surface area contributed by atoms with Crippen LogP contribution >= 0.6 is 11.8 Å². The van der Waals surface area contributed by atoms with E-state index in [0.717, 1.165) is 18.4 Å². The van der Waals surface area contributed by atoms with Gasteiger partial charge in [-0.1, -0.05) is 55.4 Å². The number of aryl methyl sites for hydroxylation is 1. The highest BCUT2D eigenvalue weighted by Gasteiger charge is 2.21. The van der Waals surface area contributed by atoms with E-state index in [1.807, 2.05) is 45.0 Å². The summed E-state index contributed by atoms with van der Waals surface area (Å²) in [6, 6.07) is 12.4. The van der Waals surface area contributed by atoms with Gasteiger partial charge in [0.25, 0.3) is 11.5 Å². The van der Waals surface area contributed by atoms with Crippen molar-refractivity contribution < 1.29 is 14.3 Å². The van der Waals surface area contributed by atoms with Crippen molar-refractivity contribution in [2.75, 3.05) is 18.9 Å². The van der Waals surface area contributed by atoms with Gasteiger partial charge in [-0.25, -0.2) is 4.98 Å². The van der Waals surface area contributed by atoms with Gasteiger partial charge in [-0.3, -0.25) is 19.0 Å². The van der Waals surface area contributed by atoms with E-state index in [-0.39, 0.29) is 29.1 Å². The van der Waals surface area contributed by atoms with Crippen molar-refractivity contribution in [2.24, 2.45) is 5.92 Å². The van der Waals surface area contributed by atoms with Crippen LogP contribution in [0.1, 0.15) is 53.0 Å². The third kappa shape index (κ3) is 6.18. The molecule has 2 heterocycles. The number of nitrogens with one attached hydrogen (secondary N) is 1. The summed E-state index contributed by atoms with van der Waals surface area (Å²) in [5, 5.41) is 3.80. The number of thioether (sulfide) groups is 1. The van der Waals surface area contributed by atoms with Crippen molar-refractivity contribution in [1.82, 2.24) is 14.9 Å². The lowest BCUT2D eigenvalue weighted by Gasteiger charge is -2.16. The van der Waals surface area contributed by atoms with E-state index in [4.69, 9.17) is 9.72 Å². The predicted molar refractivity (Wildman–Crippen MR) is 138 cm³/mol. The number of amides is 1. The van der Waals surface area contributed by atoms with E-state index in [1.165, 1.54) is 11.8 Å². The lowest BCUT2D eigenvalue weighted by atomic mass is 10.1. The van der Waals surface area contributed by atoms with Crippen molar-refractivity contribution in [3.8, 4) is 0 Å². The Morgan fingerprint density at radius 3 is 2.60 bits per heavy atom. The first kappa shape index (κ1) is 25.1. The molecule has 2 aromatic carbocycles. The highest BCUT2D eigenvalue weighted by Crippen LogP contribution is 2.23. The second-order valence-electron chi connectivity index (χ2n) is 9.36. The van der Waals surface area contributed by atoms with Crippen LogP contribution in [0, 0.1) is 12.8 Å². The fourth-order valence-corrected chi connectivity index (χ4v) is 4.86. The Kier molecular flexibility index (Phi) is 8.03. The minimum absolute atomic E-state index is 0.0326. The standard InChI is InChI=1S/C27H31N3O4S/c1-17(2)14-28-25(32)20-10-11-22-23(13-20)29-27(30(26(22)33)15-21-5-4-12-34-21)35-16-24(31)19-8-6-18(3)7-9-19/h6-11,13,17,21H,4-5,12,14-16H2,1-3H3,(H,28,32). The average molecular weight is 494 g/mol. The van der Waals surface area contributed by atoms with E-state index in [1.54, 1.807) is 22.8 Å². The summed E-state index contributed by atoms with van der Waals surface area (Å²) >= 11 is 1.24. The predicted octanol–water partition coefficient (Wildman–Crippen LogP) is 4.24. The van der Waals surface area contributed by atoms with Gasteiger partial charge in [0.2, 0.25) is 0 Å². The molecule has 1 aromatic heterocycles. The largest absolute Gasteiger partial charge is 0.376 e. The van der Waals surface area contributed by atoms with Gasteiger partial charge in [0.1, 0.15) is 0 Å². The molecule has 0 aliphatic carbocycles. The Morgan fingerprint density at radius 1 is 1.17 bits per heavy atom. The second kappa shape index (κ2) is 11.2. The molecule has 1 saturated heterocycles. The molecule has 0 spiro atoms. The van der Waals surface area contributed by atoms with Gasteiger partial charge in [-0.15, -0.1) is 0 Å². The van der Waals surface area contributed by atoms with Crippen LogP contribution in [0.3, 0.4) is 0 Å². The molecule has 1 aliphatic rings. The third-order valence-electron chi connectivity index (χ3n) is 5.97. The van der Waals surface area contributed by atoms with E-state index < -0.39 is 0 Å². The minimum Gasteiger partial charge on any atom is -0.376 e. The number of carbonyl (C=O) groups excluding carboxylic acids is 2. The number of fused-ring (bicyclic) bond motifs is 1. The van der Waals surface area contributed by atoms with E-state index in [2.05, 4.69) is 5.32 Å². The number of nitrogens with zero attached hydrogens (tertiary/aromatic N) is 2. The van der Waals surface area contributed by atoms with Crippen molar-refractivity contribution in [3.63, 3.8) is 0 Å². The van der Waals surface area contributed by atoms with Crippen LogP contribution < -0.4 is 10.9 Å². The molecule has 3 aromatic rings. The summed E-state index contributed by atoms with van der Waals surface area (Å²) in [6.45, 7) is 7.67. The van der Waals surface area contributed by atoms with Crippen LogP contribution in [-0.2, 0) is 11.3 Å². The zero-order valence-corrected chi connectivity index (χ0v) is 21.2. The smallest absolute Gasteiger partial charge is 0.262 e. The lowest BCUT2D eigenvalue weighted by molar-refractivity contribution is 0.0937. The summed E-state index contributed by atoms with van der Waals surface area (Å²) in [5.41, 5.74) is 2.42. The number of rotatable bonds is 9. The molecule has 0 radical (unpaired) electrons. The molecule has 1 amide bonds. The molecule has 8 heteroatoms. The quantitative estimate of drug-likeness (QED) is 0.272. The summed E-state index contributed by atoms with van der Waals surface area (Å²) in [7, 11) is 0. The van der Waals surface area contributed by atoms with Gasteiger partial charge in [0, 0.05) is 24.3 Å². The van der Waals surface area contributed by atoms with Gasteiger partial charge in [0.15, 0.2) is 10.9 Å². The Labute approximate surface area is 209 Å². The molecule has 7 nitrogen and oxygen atoms in total. The molecule has 0 bridgehead atoms. The van der Waals surface area contributed by atoms with Gasteiger partial charge in [-0.05, 0) is 43.9 Å². The summed E-state index contributed by atoms with van der Waals surface area (Å²) in [4.78, 5) is 43.5. The molecular formula is C27H31N3O4S. The van der Waals surface area contributed by atoms with Crippen molar-refractivity contribution >= 4 is 34.4 Å². The molecule has 4 rings (SSSR count). The first-order valence-corrected chi connectivity index (χ1v) is 13.0. The number of Topliss-reactive ketones (excluding diaryl/α,β-unsaturated/α-hetero) is 1. The van der Waals surface area contributed by atoms with Crippen molar-refractivity contribution in [3.05, 3.63) is 69.5 Å². The monoisotopic (exact) mass is 493 g/mol. The van der Waals surface area contributed by atoms with E-state index in [9.17, 15) is 14.4 Å². The summed E-state index contributed by atoms with van der Waals surface area (Å²) in [5.74, 6) is 0.252. The summed E-state index contributed by atoms with van der Waals surface area (Å²) < 4.78 is 7.38. The normalized spacial score (nSPS) is 15.6. The molecule has 1 aliphatic heterocycles. The van der Waals surface area contributed by atoms with Crippen LogP contribution in [0.25, 0.3) is 10.9 Å². The van der Waals surface area contributed by atoms with Crippen LogP contribution in [0.2, 0.25) is 0 Å². The molecule has 184 valence electrons. The van der Waals surface area contributed by atoms with Crippen LogP contribution in [-0.4, -0.2) is 46.2 Å². The highest BCUT2D eigenvalue weighted by atomic mass is 32.2. The third-order valence-corrected chi connectivity index (χ3v) is 6.95. The van der Waals surface area contributed by atoms with Gasteiger partial charge in [-0.2, -0.15) is 0 Å². The topological polar surface area (TPSA) is 90.3 Å². The Hall–Kier alpha value is -2.97. The fourth-order valence-electron chi connectivity index (χ4n) is 3.96. The lowest BCUT2D eigenvalue weighted by Crippen LogP contribution is -2.30. The Bertz CT molecular complexity index is 1280. The number of ether oxygens (including phenoxy) is 1. The molecule has 1 unspecified atom stereocenters. The fraction of sp³-hybridized carbons (Fsp3) is 0.407. The maximum absolute atomic E-state index is 13.5. The van der Waals surface area contributed by atoms with Crippen molar-refractivity contribution in [1.29, 1.82) is 0 Å². The van der Waals surface area contributed by atoms with E-state index in [0.29, 0.717) is 52.8 Å². The van der Waals surface area contributed by atoms with Crippen LogP contribution in [0.4, 0.5) is 0 Å². The first-order chi connectivity index (χ1) is 16.8. The zero-order chi connectivity index (χ0) is 24.9. The number of hydrogen-bond donors (Lipinski definition) is 1. The van der Waals surface area contributed by atoms with Gasteiger partial charge < -0.3 is 10.1 Å². The first-order valence-electron chi connectivity index (χ1n) is 12.0. The maximum atomic E-state index is 13.5. The molecular weight excluding hydrogens is 462 g/mol. The molecule has 35 heavy (non-hydrogen) atoms.